The highest BCUT2D eigenvalue weighted by molar-refractivity contribution is 8.00. The molecule has 3 rings (SSSR count). The number of hydrogen-bond acceptors (Lipinski definition) is 7. The van der Waals surface area contributed by atoms with Crippen molar-refractivity contribution in [3.8, 4) is 0 Å². The predicted octanol–water partition coefficient (Wildman–Crippen LogP) is 2.86. The van der Waals surface area contributed by atoms with Crippen molar-refractivity contribution in [3.63, 3.8) is 0 Å². The van der Waals surface area contributed by atoms with E-state index in [0.717, 1.165) is 37.7 Å². The van der Waals surface area contributed by atoms with Gasteiger partial charge in [0.25, 0.3) is 0 Å². The number of aromatic nitrogens is 2. The van der Waals surface area contributed by atoms with Crippen molar-refractivity contribution in [3.05, 3.63) is 41.3 Å². The number of carbonyl (C=O) groups excluding carboxylic acids is 2. The molecule has 1 N–H and O–H groups in total. The maximum absolute atomic E-state index is 12.3. The largest absolute Gasteiger partial charge is 0.378 e. The first-order valence-electron chi connectivity index (χ1n) is 9.15. The summed E-state index contributed by atoms with van der Waals surface area (Å²) in [6.45, 7) is 8.26. The highest BCUT2D eigenvalue weighted by Crippen LogP contribution is 2.24. The lowest BCUT2D eigenvalue weighted by Crippen LogP contribution is -2.36. The van der Waals surface area contributed by atoms with Crippen molar-refractivity contribution in [2.24, 2.45) is 0 Å². The Morgan fingerprint density at radius 2 is 1.82 bits per heavy atom. The molecule has 1 aliphatic rings. The molecule has 148 valence electrons. The van der Waals surface area contributed by atoms with Crippen LogP contribution in [0.4, 0.5) is 11.4 Å². The fourth-order valence-electron chi connectivity index (χ4n) is 3.10. The molecule has 1 aromatic heterocycles. The van der Waals surface area contributed by atoms with Crippen molar-refractivity contribution >= 4 is 34.8 Å². The fraction of sp³-hybridized carbons (Fsp3) is 0.400. The van der Waals surface area contributed by atoms with Crippen LogP contribution in [-0.4, -0.2) is 53.7 Å². The molecular weight excluding hydrogens is 376 g/mol. The number of benzene rings is 1. The number of anilines is 2. The molecule has 0 spiro atoms. The second-order valence-electron chi connectivity index (χ2n) is 6.58. The lowest BCUT2D eigenvalue weighted by molar-refractivity contribution is -0.113. The Hall–Kier alpha value is -2.45. The average molecular weight is 401 g/mol. The van der Waals surface area contributed by atoms with Gasteiger partial charge in [0.2, 0.25) is 5.91 Å². The van der Waals surface area contributed by atoms with Gasteiger partial charge in [-0.1, -0.05) is 11.8 Å². The van der Waals surface area contributed by atoms with E-state index in [4.69, 9.17) is 4.74 Å². The predicted molar refractivity (Wildman–Crippen MR) is 110 cm³/mol. The van der Waals surface area contributed by atoms with Crippen LogP contribution in [0.5, 0.6) is 0 Å². The lowest BCUT2D eigenvalue weighted by atomic mass is 10.2. The summed E-state index contributed by atoms with van der Waals surface area (Å²) in [5.74, 6) is 0.511. The number of hydrogen-bond donors (Lipinski definition) is 1. The Labute approximate surface area is 168 Å². The quantitative estimate of drug-likeness (QED) is 0.453. The van der Waals surface area contributed by atoms with Gasteiger partial charge in [0.05, 0.1) is 30.2 Å². The highest BCUT2D eigenvalue weighted by atomic mass is 32.2. The number of ether oxygens (including phenoxy) is 1. The van der Waals surface area contributed by atoms with Gasteiger partial charge in [-0.25, -0.2) is 9.97 Å². The van der Waals surface area contributed by atoms with Gasteiger partial charge in [-0.15, -0.1) is 0 Å². The number of rotatable bonds is 6. The summed E-state index contributed by atoms with van der Waals surface area (Å²) < 4.78 is 5.37. The SMILES string of the molecule is CC(=O)c1c(C)nc(C)nc1SCC(=O)Nc1ccc(N2CCOCC2)cc1. The zero-order valence-corrected chi connectivity index (χ0v) is 17.1. The van der Waals surface area contributed by atoms with E-state index in [1.807, 2.05) is 24.3 Å². The minimum Gasteiger partial charge on any atom is -0.378 e. The van der Waals surface area contributed by atoms with Crippen molar-refractivity contribution in [1.82, 2.24) is 9.97 Å². The Morgan fingerprint density at radius 1 is 1.14 bits per heavy atom. The standard InChI is InChI=1S/C20H24N4O3S/c1-13-19(14(2)25)20(22-15(3)21-13)28-12-18(26)23-16-4-6-17(7-5-16)24-8-10-27-11-9-24/h4-7H,8-12H2,1-3H3,(H,23,26). The van der Waals surface area contributed by atoms with Crippen LogP contribution in [0.25, 0.3) is 0 Å². The van der Waals surface area contributed by atoms with Gasteiger partial charge in [0, 0.05) is 24.5 Å². The smallest absolute Gasteiger partial charge is 0.234 e. The van der Waals surface area contributed by atoms with E-state index in [0.29, 0.717) is 22.1 Å². The first kappa shape index (κ1) is 20.3. The minimum absolute atomic E-state index is 0.0980. The van der Waals surface area contributed by atoms with E-state index in [-0.39, 0.29) is 17.4 Å². The van der Waals surface area contributed by atoms with Crippen LogP contribution in [0.2, 0.25) is 0 Å². The monoisotopic (exact) mass is 400 g/mol. The topological polar surface area (TPSA) is 84.4 Å². The number of nitrogens with one attached hydrogen (secondary N) is 1. The van der Waals surface area contributed by atoms with E-state index in [9.17, 15) is 9.59 Å². The van der Waals surface area contributed by atoms with Gasteiger partial charge in [0.15, 0.2) is 5.78 Å². The Bertz CT molecular complexity index is 864. The van der Waals surface area contributed by atoms with Gasteiger partial charge in [-0.2, -0.15) is 0 Å². The summed E-state index contributed by atoms with van der Waals surface area (Å²) in [5.41, 5.74) is 2.98. The second-order valence-corrected chi connectivity index (χ2v) is 7.54. The number of Topliss-reactive ketones (excluding diaryl/α,β-unsaturated/α-hetero) is 1. The summed E-state index contributed by atoms with van der Waals surface area (Å²) in [4.78, 5) is 35.1. The van der Waals surface area contributed by atoms with Crippen LogP contribution in [0.1, 0.15) is 28.8 Å². The molecule has 1 aliphatic heterocycles. The minimum atomic E-state index is -0.146. The lowest BCUT2D eigenvalue weighted by Gasteiger charge is -2.28. The van der Waals surface area contributed by atoms with E-state index in [1.54, 1.807) is 13.8 Å². The van der Waals surface area contributed by atoms with Crippen LogP contribution in [0.3, 0.4) is 0 Å². The second kappa shape index (κ2) is 9.16. The third-order valence-corrected chi connectivity index (χ3v) is 5.36. The first-order valence-corrected chi connectivity index (χ1v) is 10.1. The summed E-state index contributed by atoms with van der Waals surface area (Å²) in [7, 11) is 0. The van der Waals surface area contributed by atoms with E-state index < -0.39 is 0 Å². The molecule has 1 fully saturated rings. The molecule has 8 heteroatoms. The maximum atomic E-state index is 12.3. The zero-order chi connectivity index (χ0) is 20.1. The zero-order valence-electron chi connectivity index (χ0n) is 16.3. The molecule has 0 saturated carbocycles. The molecule has 0 aliphatic carbocycles. The summed E-state index contributed by atoms with van der Waals surface area (Å²) in [6.07, 6.45) is 0. The van der Waals surface area contributed by atoms with Crippen molar-refractivity contribution < 1.29 is 14.3 Å². The molecule has 1 saturated heterocycles. The molecule has 0 radical (unpaired) electrons. The molecule has 0 unspecified atom stereocenters. The number of thioether (sulfide) groups is 1. The number of carbonyl (C=O) groups is 2. The number of nitrogens with zero attached hydrogens (tertiary/aromatic N) is 3. The van der Waals surface area contributed by atoms with Gasteiger partial charge in [-0.05, 0) is 45.0 Å². The molecule has 1 aromatic carbocycles. The summed E-state index contributed by atoms with van der Waals surface area (Å²) >= 11 is 1.25. The average Bonchev–Trinajstić information content (AvgIpc) is 2.67. The first-order chi connectivity index (χ1) is 13.4. The van der Waals surface area contributed by atoms with Crippen LogP contribution in [0.15, 0.2) is 29.3 Å². The normalized spacial score (nSPS) is 14.0. The van der Waals surface area contributed by atoms with E-state index >= 15 is 0 Å². The Kier molecular flexibility index (Phi) is 6.64. The van der Waals surface area contributed by atoms with Crippen molar-refractivity contribution in [1.29, 1.82) is 0 Å². The van der Waals surface area contributed by atoms with Crippen molar-refractivity contribution in [2.75, 3.05) is 42.3 Å². The van der Waals surface area contributed by atoms with Gasteiger partial charge >= 0.3 is 0 Å². The Morgan fingerprint density at radius 3 is 2.46 bits per heavy atom. The van der Waals surface area contributed by atoms with E-state index in [1.165, 1.54) is 18.7 Å². The summed E-state index contributed by atoms with van der Waals surface area (Å²) in [6, 6.07) is 7.79. The molecule has 2 heterocycles. The van der Waals surface area contributed by atoms with Crippen LogP contribution in [0, 0.1) is 13.8 Å². The molecule has 0 bridgehead atoms. The summed E-state index contributed by atoms with van der Waals surface area (Å²) in [5, 5.41) is 3.44. The molecular formula is C20H24N4O3S. The van der Waals surface area contributed by atoms with Crippen molar-refractivity contribution in [2.45, 2.75) is 25.8 Å². The number of ketones is 1. The Balaban J connectivity index is 1.60. The number of amides is 1. The highest BCUT2D eigenvalue weighted by Gasteiger charge is 2.16. The van der Waals surface area contributed by atoms with Gasteiger partial charge < -0.3 is 15.0 Å². The molecule has 2 aromatic rings. The molecule has 28 heavy (non-hydrogen) atoms. The van der Waals surface area contributed by atoms with E-state index in [2.05, 4.69) is 20.2 Å². The number of aryl methyl sites for hydroxylation is 2. The third-order valence-electron chi connectivity index (χ3n) is 4.39. The maximum Gasteiger partial charge on any atom is 0.234 e. The van der Waals surface area contributed by atoms with Crippen LogP contribution >= 0.6 is 11.8 Å². The molecule has 1 amide bonds. The third kappa shape index (κ3) is 5.08. The fourth-order valence-corrected chi connectivity index (χ4v) is 4.07. The number of morpholine rings is 1. The van der Waals surface area contributed by atoms with Crippen LogP contribution in [-0.2, 0) is 9.53 Å². The van der Waals surface area contributed by atoms with Gasteiger partial charge in [0.1, 0.15) is 10.9 Å². The van der Waals surface area contributed by atoms with Crippen LogP contribution < -0.4 is 10.2 Å². The van der Waals surface area contributed by atoms with Gasteiger partial charge in [-0.3, -0.25) is 9.59 Å². The molecule has 7 nitrogen and oxygen atoms in total. The molecule has 0 atom stereocenters.